The normalized spacial score (nSPS) is 15.1. The molecule has 0 bridgehead atoms. The van der Waals surface area contributed by atoms with Gasteiger partial charge in [-0.2, -0.15) is 0 Å². The van der Waals surface area contributed by atoms with Crippen molar-refractivity contribution in [1.82, 2.24) is 4.90 Å². The molecule has 1 aliphatic heterocycles. The first-order valence-corrected chi connectivity index (χ1v) is 12.1. The predicted octanol–water partition coefficient (Wildman–Crippen LogP) is 4.43. The van der Waals surface area contributed by atoms with E-state index in [1.54, 1.807) is 6.07 Å². The Morgan fingerprint density at radius 3 is 2.16 bits per heavy atom. The van der Waals surface area contributed by atoms with Crippen molar-refractivity contribution < 1.29 is 8.42 Å². The molecule has 31 heavy (non-hydrogen) atoms. The highest BCUT2D eigenvalue weighted by molar-refractivity contribution is 7.92. The number of hydrogen-bond donors (Lipinski definition) is 1. The van der Waals surface area contributed by atoms with Crippen LogP contribution < -0.4 is 9.62 Å². The maximum atomic E-state index is 12.8. The van der Waals surface area contributed by atoms with Crippen LogP contribution in [-0.2, 0) is 16.6 Å². The van der Waals surface area contributed by atoms with Gasteiger partial charge < -0.3 is 4.90 Å². The summed E-state index contributed by atoms with van der Waals surface area (Å²) in [6.07, 6.45) is 0. The molecule has 0 aromatic heterocycles. The SMILES string of the molecule is Cc1ccc(S(=O)(=O)Nc2ccc(CN3CCN(c4ccccc4)CC3)cc2)c(C)c1. The molecule has 0 atom stereocenters. The van der Waals surface area contributed by atoms with Gasteiger partial charge in [-0.3, -0.25) is 9.62 Å². The van der Waals surface area contributed by atoms with Gasteiger partial charge >= 0.3 is 0 Å². The van der Waals surface area contributed by atoms with Crippen LogP contribution in [0.3, 0.4) is 0 Å². The first-order chi connectivity index (χ1) is 14.9. The van der Waals surface area contributed by atoms with Gasteiger partial charge in [0.05, 0.1) is 4.90 Å². The van der Waals surface area contributed by atoms with E-state index in [1.807, 2.05) is 56.3 Å². The summed E-state index contributed by atoms with van der Waals surface area (Å²) >= 11 is 0. The van der Waals surface area contributed by atoms with Crippen LogP contribution in [0.25, 0.3) is 0 Å². The molecule has 4 rings (SSSR count). The van der Waals surface area contributed by atoms with E-state index in [9.17, 15) is 8.42 Å². The van der Waals surface area contributed by atoms with Crippen LogP contribution in [0.2, 0.25) is 0 Å². The largest absolute Gasteiger partial charge is 0.369 e. The van der Waals surface area contributed by atoms with Crippen LogP contribution in [0.1, 0.15) is 16.7 Å². The molecule has 1 fully saturated rings. The molecule has 3 aromatic carbocycles. The van der Waals surface area contributed by atoms with E-state index >= 15 is 0 Å². The maximum Gasteiger partial charge on any atom is 0.262 e. The van der Waals surface area contributed by atoms with Gasteiger partial charge in [0.1, 0.15) is 0 Å². The number of aryl methyl sites for hydroxylation is 2. The fraction of sp³-hybridized carbons (Fsp3) is 0.280. The molecule has 5 nitrogen and oxygen atoms in total. The summed E-state index contributed by atoms with van der Waals surface area (Å²) in [6, 6.07) is 23.6. The third-order valence-corrected chi connectivity index (χ3v) is 7.27. The molecule has 1 aliphatic rings. The lowest BCUT2D eigenvalue weighted by Crippen LogP contribution is -2.45. The standard InChI is InChI=1S/C25H29N3O2S/c1-20-8-13-25(21(2)18-20)31(29,30)26-23-11-9-22(10-12-23)19-27-14-16-28(17-15-27)24-6-4-3-5-7-24/h3-13,18,26H,14-17,19H2,1-2H3. The molecule has 0 aliphatic carbocycles. The number of piperazine rings is 1. The smallest absolute Gasteiger partial charge is 0.262 e. The molecule has 1 saturated heterocycles. The molecule has 6 heteroatoms. The Hall–Kier alpha value is -2.83. The second kappa shape index (κ2) is 9.12. The van der Waals surface area contributed by atoms with Gasteiger partial charge in [0.25, 0.3) is 10.0 Å². The van der Waals surface area contributed by atoms with Crippen molar-refractivity contribution in [2.24, 2.45) is 0 Å². The van der Waals surface area contributed by atoms with Gasteiger partial charge in [-0.15, -0.1) is 0 Å². The van der Waals surface area contributed by atoms with Gasteiger partial charge in [0.15, 0.2) is 0 Å². The Bertz CT molecular complexity index is 1120. The average Bonchev–Trinajstić information content (AvgIpc) is 2.76. The number of para-hydroxylation sites is 1. The third kappa shape index (κ3) is 5.27. The fourth-order valence-corrected chi connectivity index (χ4v) is 5.34. The van der Waals surface area contributed by atoms with E-state index in [4.69, 9.17) is 0 Å². The van der Waals surface area contributed by atoms with Crippen molar-refractivity contribution in [3.63, 3.8) is 0 Å². The summed E-state index contributed by atoms with van der Waals surface area (Å²) in [7, 11) is -3.60. The number of rotatable bonds is 6. The average molecular weight is 436 g/mol. The molecule has 0 amide bonds. The van der Waals surface area contributed by atoms with Crippen LogP contribution in [0, 0.1) is 13.8 Å². The quantitative estimate of drug-likeness (QED) is 0.623. The second-order valence-electron chi connectivity index (χ2n) is 8.17. The maximum absolute atomic E-state index is 12.8. The lowest BCUT2D eigenvalue weighted by molar-refractivity contribution is 0.250. The minimum Gasteiger partial charge on any atom is -0.369 e. The summed E-state index contributed by atoms with van der Waals surface area (Å²) < 4.78 is 28.2. The van der Waals surface area contributed by atoms with E-state index in [1.165, 1.54) is 11.3 Å². The van der Waals surface area contributed by atoms with Crippen LogP contribution >= 0.6 is 0 Å². The highest BCUT2D eigenvalue weighted by Gasteiger charge is 2.18. The third-order valence-electron chi connectivity index (χ3n) is 5.73. The summed E-state index contributed by atoms with van der Waals surface area (Å²) in [4.78, 5) is 5.17. The highest BCUT2D eigenvalue weighted by atomic mass is 32.2. The second-order valence-corrected chi connectivity index (χ2v) is 9.82. The van der Waals surface area contributed by atoms with Crippen molar-refractivity contribution in [3.05, 3.63) is 89.5 Å². The Morgan fingerprint density at radius 2 is 1.52 bits per heavy atom. The Labute approximate surface area is 185 Å². The lowest BCUT2D eigenvalue weighted by atomic mass is 10.1. The van der Waals surface area contributed by atoms with E-state index in [0.29, 0.717) is 10.6 Å². The van der Waals surface area contributed by atoms with E-state index < -0.39 is 10.0 Å². The van der Waals surface area contributed by atoms with E-state index in [-0.39, 0.29) is 0 Å². The molecule has 0 radical (unpaired) electrons. The Kier molecular flexibility index (Phi) is 6.30. The number of nitrogens with zero attached hydrogens (tertiary/aromatic N) is 2. The number of benzene rings is 3. The first kappa shape index (κ1) is 21.4. The lowest BCUT2D eigenvalue weighted by Gasteiger charge is -2.36. The van der Waals surface area contributed by atoms with Crippen molar-refractivity contribution in [2.45, 2.75) is 25.3 Å². The van der Waals surface area contributed by atoms with E-state index in [0.717, 1.165) is 43.9 Å². The molecular weight excluding hydrogens is 406 g/mol. The van der Waals surface area contributed by atoms with Crippen LogP contribution in [0.4, 0.5) is 11.4 Å². The van der Waals surface area contributed by atoms with Crippen LogP contribution in [-0.4, -0.2) is 39.5 Å². The minimum absolute atomic E-state index is 0.318. The summed E-state index contributed by atoms with van der Waals surface area (Å²) in [5, 5.41) is 0. The summed E-state index contributed by atoms with van der Waals surface area (Å²) in [5.41, 5.74) is 4.84. The predicted molar refractivity (Wildman–Crippen MR) is 127 cm³/mol. The molecule has 0 saturated carbocycles. The monoisotopic (exact) mass is 435 g/mol. The fourth-order valence-electron chi connectivity index (χ4n) is 4.05. The zero-order valence-electron chi connectivity index (χ0n) is 18.1. The van der Waals surface area contributed by atoms with E-state index in [2.05, 4.69) is 38.8 Å². The van der Waals surface area contributed by atoms with Gasteiger partial charge in [-0.05, 0) is 55.3 Å². The Morgan fingerprint density at radius 1 is 0.839 bits per heavy atom. The minimum atomic E-state index is -3.60. The van der Waals surface area contributed by atoms with Crippen molar-refractivity contribution in [1.29, 1.82) is 0 Å². The molecule has 3 aromatic rings. The van der Waals surface area contributed by atoms with Gasteiger partial charge in [-0.25, -0.2) is 8.42 Å². The molecule has 1 N–H and O–H groups in total. The number of sulfonamides is 1. The van der Waals surface area contributed by atoms with Gasteiger partial charge in [0.2, 0.25) is 0 Å². The topological polar surface area (TPSA) is 52.7 Å². The number of anilines is 2. The van der Waals surface area contributed by atoms with Crippen LogP contribution in [0.15, 0.2) is 77.7 Å². The highest BCUT2D eigenvalue weighted by Crippen LogP contribution is 2.22. The molecule has 162 valence electrons. The van der Waals surface area contributed by atoms with Gasteiger partial charge in [-0.1, -0.05) is 48.0 Å². The number of nitrogens with one attached hydrogen (secondary N) is 1. The molecular formula is C25H29N3O2S. The Balaban J connectivity index is 1.34. The summed E-state index contributed by atoms with van der Waals surface area (Å²) in [5.74, 6) is 0. The zero-order valence-corrected chi connectivity index (χ0v) is 18.9. The van der Waals surface area contributed by atoms with Crippen LogP contribution in [0.5, 0.6) is 0 Å². The molecule has 0 spiro atoms. The zero-order chi connectivity index (χ0) is 21.8. The first-order valence-electron chi connectivity index (χ1n) is 10.6. The van der Waals surface area contributed by atoms with Crippen molar-refractivity contribution in [2.75, 3.05) is 35.8 Å². The summed E-state index contributed by atoms with van der Waals surface area (Å²) in [6.45, 7) is 8.69. The van der Waals surface area contributed by atoms with Crippen molar-refractivity contribution in [3.8, 4) is 0 Å². The molecule has 0 unspecified atom stereocenters. The number of hydrogen-bond acceptors (Lipinski definition) is 4. The molecule has 1 heterocycles. The van der Waals surface area contributed by atoms with Gasteiger partial charge in [0, 0.05) is 44.1 Å². The van der Waals surface area contributed by atoms with Crippen molar-refractivity contribution >= 4 is 21.4 Å².